The van der Waals surface area contributed by atoms with Crippen molar-refractivity contribution < 1.29 is 57.7 Å². The Balaban J connectivity index is 0.00000176. The number of hydrogen-bond donors (Lipinski definition) is 0. The Kier molecular flexibility index (Phi) is 10.2. The smallest absolute Gasteiger partial charge is 1.00 e. The van der Waals surface area contributed by atoms with E-state index in [9.17, 15) is 0 Å². The molecule has 0 saturated carbocycles. The van der Waals surface area contributed by atoms with Crippen LogP contribution in [0.15, 0.2) is 58.5 Å². The molecule has 2 aromatic carbocycles. The summed E-state index contributed by atoms with van der Waals surface area (Å²) in [4.78, 5) is 0. The van der Waals surface area contributed by atoms with E-state index < -0.39 is 8.07 Å². The normalized spacial score (nSPS) is 15.3. The molecule has 3 rings (SSSR count). The molecule has 0 amide bonds. The third-order valence-corrected chi connectivity index (χ3v) is 12.0. The first-order valence-electron chi connectivity index (χ1n) is 7.80. The predicted octanol–water partition coefficient (Wildman–Crippen LogP) is -4.38. The zero-order valence-electron chi connectivity index (χ0n) is 13.9. The Bertz CT molecular complexity index is 669. The summed E-state index contributed by atoms with van der Waals surface area (Å²) < 4.78 is 1.57. The van der Waals surface area contributed by atoms with E-state index in [1.807, 2.05) is 0 Å². The number of hydrogen-bond acceptors (Lipinski definition) is 0. The summed E-state index contributed by atoms with van der Waals surface area (Å²) in [5.74, 6) is 0. The molecule has 0 fully saturated rings. The Hall–Kier alpha value is -0.0188. The maximum atomic E-state index is 2.41. The zero-order chi connectivity index (χ0) is 14.9. The van der Waals surface area contributed by atoms with Crippen molar-refractivity contribution in [3.05, 3.63) is 69.6 Å². The number of benzene rings is 2. The van der Waals surface area contributed by atoms with Gasteiger partial charge in [0.15, 0.2) is 0 Å². The number of rotatable bonds is 4. The van der Waals surface area contributed by atoms with Crippen molar-refractivity contribution in [3.8, 4) is 0 Å². The molecule has 24 heavy (non-hydrogen) atoms. The molecule has 0 heterocycles. The van der Waals surface area contributed by atoms with Gasteiger partial charge in [0, 0.05) is 0 Å². The summed E-state index contributed by atoms with van der Waals surface area (Å²) >= 11 is 2.33. The van der Waals surface area contributed by atoms with Crippen molar-refractivity contribution >= 4 is 19.3 Å². The number of halogens is 3. The average Bonchev–Trinajstić information content (AvgIpc) is 2.87. The fourth-order valence-electron chi connectivity index (χ4n) is 3.92. The first-order valence-corrected chi connectivity index (χ1v) is 11.1. The molecule has 0 N–H and O–H groups in total. The minimum Gasteiger partial charge on any atom is -1.00 e. The van der Waals surface area contributed by atoms with Gasteiger partial charge in [-0.3, -0.25) is 0 Å². The van der Waals surface area contributed by atoms with Gasteiger partial charge in [-0.25, -0.2) is 0 Å². The largest absolute Gasteiger partial charge is 1.00 e. The second kappa shape index (κ2) is 10.2. The van der Waals surface area contributed by atoms with E-state index in [-0.39, 0.29) is 37.2 Å². The Labute approximate surface area is 177 Å². The van der Waals surface area contributed by atoms with Gasteiger partial charge in [-0.1, -0.05) is 0 Å². The average molecular weight is 432 g/mol. The predicted molar refractivity (Wildman–Crippen MR) is 90.0 cm³/mol. The minimum atomic E-state index is -1.57. The molecule has 1 aliphatic rings. The van der Waals surface area contributed by atoms with Gasteiger partial charge >= 0.3 is 141 Å². The molecule has 2 aromatic rings. The maximum absolute atomic E-state index is 2.41. The topological polar surface area (TPSA) is 0 Å². The van der Waals surface area contributed by atoms with Crippen LogP contribution in [0.4, 0.5) is 0 Å². The van der Waals surface area contributed by atoms with Gasteiger partial charge < -0.3 is 37.2 Å². The number of fused-ring (bicyclic) bond motifs is 1. The maximum Gasteiger partial charge on any atom is -1.00 e. The van der Waals surface area contributed by atoms with Crippen molar-refractivity contribution in [3.63, 3.8) is 0 Å². The van der Waals surface area contributed by atoms with E-state index >= 15 is 0 Å². The molecule has 0 saturated heterocycles. The molecular weight excluding hydrogens is 411 g/mol. The van der Waals surface area contributed by atoms with E-state index in [0.29, 0.717) is 5.54 Å². The molecule has 126 valence electrons. The summed E-state index contributed by atoms with van der Waals surface area (Å²) in [6, 6.07) is 22.9. The van der Waals surface area contributed by atoms with Gasteiger partial charge in [-0.2, -0.15) is 0 Å². The quantitative estimate of drug-likeness (QED) is 0.429. The number of allylic oxidation sites excluding steroid dienone is 1. The van der Waals surface area contributed by atoms with Crippen LogP contribution in [0.2, 0.25) is 12.1 Å². The van der Waals surface area contributed by atoms with Crippen LogP contribution < -0.4 is 42.4 Å². The van der Waals surface area contributed by atoms with Crippen molar-refractivity contribution in [2.75, 3.05) is 0 Å². The van der Waals surface area contributed by atoms with Gasteiger partial charge in [0.2, 0.25) is 0 Å². The molecule has 1 atom stereocenters. The van der Waals surface area contributed by atoms with Crippen LogP contribution in [0.1, 0.15) is 30.5 Å². The monoisotopic (exact) mass is 430 g/mol. The Morgan fingerprint density at radius 3 is 1.96 bits per heavy atom. The van der Waals surface area contributed by atoms with Gasteiger partial charge in [0.1, 0.15) is 0 Å². The molecule has 1 unspecified atom stereocenters. The summed E-state index contributed by atoms with van der Waals surface area (Å²) in [5, 5.41) is 1.62. The third kappa shape index (κ3) is 4.03. The fraction of sp³-hybridized carbons (Fsp3) is 0.263. The van der Waals surface area contributed by atoms with Crippen LogP contribution in [-0.2, 0) is 20.4 Å². The van der Waals surface area contributed by atoms with Crippen LogP contribution in [0.25, 0.3) is 6.08 Å². The van der Waals surface area contributed by atoms with E-state index in [1.165, 1.54) is 17.7 Å². The SMILES string of the molecule is CC[Si](CC)(c1ccccc1)C1[C]([Ti+3])=Cc2ccccc21.[Cl-].[Cl-].[Cl-]. The van der Waals surface area contributed by atoms with Crippen LogP contribution in [0, 0.1) is 0 Å². The van der Waals surface area contributed by atoms with Crippen molar-refractivity contribution in [1.82, 2.24) is 0 Å². The van der Waals surface area contributed by atoms with Crippen molar-refractivity contribution in [1.29, 1.82) is 0 Å². The second-order valence-electron chi connectivity index (χ2n) is 5.89. The summed E-state index contributed by atoms with van der Waals surface area (Å²) in [7, 11) is -1.57. The molecule has 5 heteroatoms. The van der Waals surface area contributed by atoms with E-state index in [0.717, 1.165) is 0 Å². The van der Waals surface area contributed by atoms with E-state index in [1.54, 1.807) is 14.6 Å². The third-order valence-electron chi connectivity index (χ3n) is 5.09. The van der Waals surface area contributed by atoms with Crippen LogP contribution in [0.3, 0.4) is 0 Å². The zero-order valence-corrected chi connectivity index (χ0v) is 18.7. The first-order chi connectivity index (χ1) is 10.2. The van der Waals surface area contributed by atoms with E-state index in [4.69, 9.17) is 0 Å². The summed E-state index contributed by atoms with van der Waals surface area (Å²) in [5.41, 5.74) is 3.65. The van der Waals surface area contributed by atoms with Crippen molar-refractivity contribution in [2.24, 2.45) is 0 Å². The molecule has 0 nitrogen and oxygen atoms in total. The Morgan fingerprint density at radius 1 is 0.833 bits per heavy atom. The van der Waals surface area contributed by atoms with Crippen LogP contribution in [0.5, 0.6) is 0 Å². The van der Waals surface area contributed by atoms with Crippen LogP contribution in [-0.4, -0.2) is 8.07 Å². The van der Waals surface area contributed by atoms with Gasteiger partial charge in [-0.15, -0.1) is 0 Å². The Morgan fingerprint density at radius 2 is 1.38 bits per heavy atom. The standard InChI is InChI=1S/C19H21Si.3ClH.Ti/c1-3-20(4-2,17-11-6-5-7-12-17)19-15-14-16-10-8-9-13-18(16)19;;;;/h5-14,19H,3-4H2,1-2H3;3*1H;/q;;;;+3/p-3. The van der Waals surface area contributed by atoms with Gasteiger partial charge in [0.05, 0.1) is 0 Å². The summed E-state index contributed by atoms with van der Waals surface area (Å²) in [6.07, 6.45) is 2.41. The minimum absolute atomic E-state index is 0. The molecule has 0 radical (unpaired) electrons. The molecule has 0 spiro atoms. The van der Waals surface area contributed by atoms with Gasteiger partial charge in [-0.05, 0) is 0 Å². The molecule has 0 aromatic heterocycles. The van der Waals surface area contributed by atoms with Gasteiger partial charge in [0.25, 0.3) is 0 Å². The molecule has 0 bridgehead atoms. The molecular formula is C19H21Cl3SiTi. The molecule has 0 aliphatic heterocycles. The first kappa shape index (κ1) is 24.0. The second-order valence-corrected chi connectivity index (χ2v) is 11.7. The molecule has 1 aliphatic carbocycles. The van der Waals surface area contributed by atoms with E-state index in [2.05, 4.69) is 95.0 Å². The fourth-order valence-corrected chi connectivity index (χ4v) is 10.6. The van der Waals surface area contributed by atoms with Crippen LogP contribution >= 0.6 is 0 Å². The van der Waals surface area contributed by atoms with Crippen molar-refractivity contribution in [2.45, 2.75) is 31.5 Å². The summed E-state index contributed by atoms with van der Waals surface area (Å²) in [6.45, 7) is 4.80.